The predicted molar refractivity (Wildman–Crippen MR) is 95.8 cm³/mol. The summed E-state index contributed by atoms with van der Waals surface area (Å²) in [6.45, 7) is 1.94. The molecule has 0 aliphatic carbocycles. The third-order valence-corrected chi connectivity index (χ3v) is 3.47. The number of aliphatic imine (C=N–C) groups is 1. The Hall–Kier alpha value is -3.06. The van der Waals surface area contributed by atoms with Gasteiger partial charge in [-0.15, -0.1) is 0 Å². The summed E-state index contributed by atoms with van der Waals surface area (Å²) >= 11 is 0. The summed E-state index contributed by atoms with van der Waals surface area (Å²) in [7, 11) is 3.35. The molecule has 2 rings (SSSR count). The van der Waals surface area contributed by atoms with E-state index in [1.54, 1.807) is 20.4 Å². The van der Waals surface area contributed by atoms with E-state index in [9.17, 15) is 5.26 Å². The molecule has 4 nitrogen and oxygen atoms in total. The van der Waals surface area contributed by atoms with E-state index in [-0.39, 0.29) is 0 Å². The molecule has 0 bridgehead atoms. The van der Waals surface area contributed by atoms with Crippen LogP contribution in [0.5, 0.6) is 5.75 Å². The number of nitriles is 1. The maximum absolute atomic E-state index is 9.56. The monoisotopic (exact) mass is 305 g/mol. The van der Waals surface area contributed by atoms with Crippen LogP contribution in [0.4, 0.5) is 0 Å². The molecule has 0 spiro atoms. The van der Waals surface area contributed by atoms with E-state index in [0.717, 1.165) is 27.8 Å². The highest BCUT2D eigenvalue weighted by molar-refractivity contribution is 5.97. The molecule has 0 unspecified atom stereocenters. The maximum atomic E-state index is 9.56. The van der Waals surface area contributed by atoms with E-state index in [4.69, 9.17) is 4.74 Å². The van der Waals surface area contributed by atoms with Crippen molar-refractivity contribution in [2.75, 3.05) is 14.2 Å². The Balaban J connectivity index is 2.49. The highest BCUT2D eigenvalue weighted by Crippen LogP contribution is 2.28. The van der Waals surface area contributed by atoms with Gasteiger partial charge in [0, 0.05) is 35.9 Å². The summed E-state index contributed by atoms with van der Waals surface area (Å²) in [5.41, 5.74) is 3.37. The van der Waals surface area contributed by atoms with Gasteiger partial charge in [0.15, 0.2) is 0 Å². The lowest BCUT2D eigenvalue weighted by Gasteiger charge is -2.02. The number of benzene rings is 1. The van der Waals surface area contributed by atoms with Crippen molar-refractivity contribution < 1.29 is 4.74 Å². The predicted octanol–water partition coefficient (Wildman–Crippen LogP) is 4.29. The van der Waals surface area contributed by atoms with Crippen LogP contribution in [-0.2, 0) is 0 Å². The summed E-state index contributed by atoms with van der Waals surface area (Å²) in [5, 5.41) is 10.5. The zero-order chi connectivity index (χ0) is 16.7. The van der Waals surface area contributed by atoms with Crippen molar-refractivity contribution in [2.45, 2.75) is 6.92 Å². The third-order valence-electron chi connectivity index (χ3n) is 3.47. The summed E-state index contributed by atoms with van der Waals surface area (Å²) in [6, 6.07) is 8.05. The van der Waals surface area contributed by atoms with E-state index >= 15 is 0 Å². The minimum atomic E-state index is 0.593. The van der Waals surface area contributed by atoms with Gasteiger partial charge < -0.3 is 9.72 Å². The maximum Gasteiger partial charge on any atom is 0.119 e. The van der Waals surface area contributed by atoms with Crippen LogP contribution in [0.15, 0.2) is 59.3 Å². The smallest absolute Gasteiger partial charge is 0.119 e. The Labute approximate surface area is 136 Å². The first-order valence-electron chi connectivity index (χ1n) is 7.26. The fourth-order valence-electron chi connectivity index (χ4n) is 2.25. The normalized spacial score (nSPS) is 13.1. The van der Waals surface area contributed by atoms with Gasteiger partial charge in [0.2, 0.25) is 0 Å². The quantitative estimate of drug-likeness (QED) is 0.509. The van der Waals surface area contributed by atoms with E-state index in [2.05, 4.69) is 16.0 Å². The molecule has 0 saturated carbocycles. The second-order valence-corrected chi connectivity index (χ2v) is 4.84. The molecule has 2 aromatic rings. The van der Waals surface area contributed by atoms with Gasteiger partial charge >= 0.3 is 0 Å². The number of fused-ring (bicyclic) bond motifs is 1. The van der Waals surface area contributed by atoms with Crippen molar-refractivity contribution in [3.8, 4) is 11.8 Å². The average molecular weight is 305 g/mol. The fraction of sp³-hybridized carbons (Fsp3) is 0.158. The zero-order valence-corrected chi connectivity index (χ0v) is 13.5. The first kappa shape index (κ1) is 16.3. The Kier molecular flexibility index (Phi) is 5.54. The Morgan fingerprint density at radius 1 is 1.39 bits per heavy atom. The van der Waals surface area contributed by atoms with E-state index in [0.29, 0.717) is 5.57 Å². The average Bonchev–Trinajstić information content (AvgIpc) is 3.01. The SMILES string of the molecule is C/C=C(/C=C(\C#N)c1c[nH]c2ccc(OC)cc12)\C=C\C=N\C. The van der Waals surface area contributed by atoms with Crippen molar-refractivity contribution in [3.05, 3.63) is 59.8 Å². The number of allylic oxidation sites excluding steroid dienone is 6. The molecule has 0 aliphatic heterocycles. The first-order valence-corrected chi connectivity index (χ1v) is 7.26. The summed E-state index contributed by atoms with van der Waals surface area (Å²) in [6.07, 6.45) is 11.1. The molecular formula is C19H19N3O. The van der Waals surface area contributed by atoms with Gasteiger partial charge in [-0.3, -0.25) is 4.99 Å². The summed E-state index contributed by atoms with van der Waals surface area (Å²) in [4.78, 5) is 7.10. The van der Waals surface area contributed by atoms with Gasteiger partial charge in [-0.25, -0.2) is 0 Å². The number of ether oxygens (including phenoxy) is 1. The number of H-pyrrole nitrogens is 1. The zero-order valence-electron chi connectivity index (χ0n) is 13.5. The van der Waals surface area contributed by atoms with Crippen LogP contribution in [0, 0.1) is 11.3 Å². The van der Waals surface area contributed by atoms with Gasteiger partial charge in [-0.1, -0.05) is 12.2 Å². The van der Waals surface area contributed by atoms with Gasteiger partial charge in [0.1, 0.15) is 5.75 Å². The number of nitrogens with zero attached hydrogens (tertiary/aromatic N) is 2. The van der Waals surface area contributed by atoms with Gasteiger partial charge in [-0.05, 0) is 42.8 Å². The molecule has 0 atom stereocenters. The van der Waals surface area contributed by atoms with Crippen LogP contribution in [0.3, 0.4) is 0 Å². The second-order valence-electron chi connectivity index (χ2n) is 4.84. The molecule has 1 N–H and O–H groups in total. The fourth-order valence-corrected chi connectivity index (χ4v) is 2.25. The number of aromatic nitrogens is 1. The van der Waals surface area contributed by atoms with E-state index in [1.165, 1.54) is 0 Å². The number of hydrogen-bond acceptors (Lipinski definition) is 3. The largest absolute Gasteiger partial charge is 0.497 e. The third kappa shape index (κ3) is 3.78. The standard InChI is InChI=1S/C19H19N3O/c1-4-14(6-5-9-21-2)10-15(12-20)18-13-22-19-8-7-16(23-3)11-17(18)19/h4-11,13,22H,1-3H3/b6-5+,14-4+,15-10+,21-9+. The Bertz CT molecular complexity index is 845. The van der Waals surface area contributed by atoms with E-state index < -0.39 is 0 Å². The topological polar surface area (TPSA) is 61.2 Å². The lowest BCUT2D eigenvalue weighted by molar-refractivity contribution is 0.415. The highest BCUT2D eigenvalue weighted by atomic mass is 16.5. The van der Waals surface area contributed by atoms with Crippen LogP contribution in [-0.4, -0.2) is 25.4 Å². The van der Waals surface area contributed by atoms with Gasteiger partial charge in [0.25, 0.3) is 0 Å². The highest BCUT2D eigenvalue weighted by Gasteiger charge is 2.09. The molecule has 0 saturated heterocycles. The lowest BCUT2D eigenvalue weighted by atomic mass is 10.0. The molecule has 1 aromatic carbocycles. The first-order chi connectivity index (χ1) is 11.2. The van der Waals surface area contributed by atoms with Gasteiger partial charge in [-0.2, -0.15) is 5.26 Å². The number of hydrogen-bond donors (Lipinski definition) is 1. The van der Waals surface area contributed by atoms with Crippen molar-refractivity contribution in [1.82, 2.24) is 4.98 Å². The number of methoxy groups -OCH3 is 1. The molecule has 116 valence electrons. The molecule has 1 heterocycles. The minimum Gasteiger partial charge on any atom is -0.497 e. The van der Waals surface area contributed by atoms with Crippen molar-refractivity contribution in [1.29, 1.82) is 5.26 Å². The molecule has 23 heavy (non-hydrogen) atoms. The van der Waals surface area contributed by atoms with Crippen molar-refractivity contribution in [2.24, 2.45) is 4.99 Å². The van der Waals surface area contributed by atoms with Crippen LogP contribution in [0.25, 0.3) is 16.5 Å². The molecule has 4 heteroatoms. The number of nitrogens with one attached hydrogen (secondary N) is 1. The van der Waals surface area contributed by atoms with Crippen molar-refractivity contribution in [3.63, 3.8) is 0 Å². The number of aromatic amines is 1. The Morgan fingerprint density at radius 3 is 2.87 bits per heavy atom. The second kappa shape index (κ2) is 7.81. The molecule has 0 amide bonds. The minimum absolute atomic E-state index is 0.593. The lowest BCUT2D eigenvalue weighted by Crippen LogP contribution is -1.84. The molecule has 0 fully saturated rings. The molecule has 0 radical (unpaired) electrons. The van der Waals surface area contributed by atoms with Crippen LogP contribution >= 0.6 is 0 Å². The van der Waals surface area contributed by atoms with Crippen LogP contribution in [0.1, 0.15) is 12.5 Å². The van der Waals surface area contributed by atoms with Crippen LogP contribution in [0.2, 0.25) is 0 Å². The molecule has 0 aliphatic rings. The molecule has 1 aromatic heterocycles. The summed E-state index contributed by atoms with van der Waals surface area (Å²) < 4.78 is 5.27. The van der Waals surface area contributed by atoms with Crippen molar-refractivity contribution >= 4 is 22.7 Å². The van der Waals surface area contributed by atoms with Crippen LogP contribution < -0.4 is 4.74 Å². The Morgan fingerprint density at radius 2 is 2.22 bits per heavy atom. The molecular weight excluding hydrogens is 286 g/mol. The number of rotatable bonds is 5. The van der Waals surface area contributed by atoms with Gasteiger partial charge in [0.05, 0.1) is 18.8 Å². The van der Waals surface area contributed by atoms with E-state index in [1.807, 2.05) is 55.6 Å². The summed E-state index contributed by atoms with van der Waals surface area (Å²) in [5.74, 6) is 0.765.